The number of carbonyl (C=O) groups excluding carboxylic acids is 2. The fraction of sp³-hybridized carbons (Fsp3) is 0.714. The first-order chi connectivity index (χ1) is 5.54. The summed E-state index contributed by atoms with van der Waals surface area (Å²) >= 11 is 0. The van der Waals surface area contributed by atoms with Crippen molar-refractivity contribution in [1.82, 2.24) is 4.90 Å². The van der Waals surface area contributed by atoms with Gasteiger partial charge in [0.1, 0.15) is 0 Å². The summed E-state index contributed by atoms with van der Waals surface area (Å²) < 4.78 is 24.1. The standard InChI is InChI=1S/C7H11F2NO2/c1-3-5(11)10(7(8)9)6(12)4-2/h7H,3-4H2,1-2H3. The molecule has 70 valence electrons. The number of hydrogen-bond acceptors (Lipinski definition) is 2. The Balaban J connectivity index is 4.43. The summed E-state index contributed by atoms with van der Waals surface area (Å²) in [6, 6.07) is 0. The molecule has 0 aromatic carbocycles. The van der Waals surface area contributed by atoms with E-state index in [1.807, 2.05) is 0 Å². The smallest absolute Gasteiger partial charge is 0.274 e. The van der Waals surface area contributed by atoms with Crippen molar-refractivity contribution in [2.75, 3.05) is 0 Å². The van der Waals surface area contributed by atoms with Crippen molar-refractivity contribution in [3.63, 3.8) is 0 Å². The largest absolute Gasteiger partial charge is 0.323 e. The van der Waals surface area contributed by atoms with E-state index in [0.29, 0.717) is 0 Å². The summed E-state index contributed by atoms with van der Waals surface area (Å²) in [6.45, 7) is -0.161. The molecule has 3 nitrogen and oxygen atoms in total. The molecular formula is C7H11F2NO2. The van der Waals surface area contributed by atoms with Crippen LogP contribution in [0.4, 0.5) is 8.78 Å². The van der Waals surface area contributed by atoms with Gasteiger partial charge in [-0.15, -0.1) is 0 Å². The Morgan fingerprint density at radius 2 is 1.50 bits per heavy atom. The minimum absolute atomic E-state index is 0. The highest BCUT2D eigenvalue weighted by atomic mass is 19.3. The van der Waals surface area contributed by atoms with E-state index < -0.39 is 18.4 Å². The van der Waals surface area contributed by atoms with E-state index >= 15 is 0 Å². The normalized spacial score (nSPS) is 10.1. The molecule has 0 aliphatic rings. The molecule has 0 N–H and O–H groups in total. The third-order valence-corrected chi connectivity index (χ3v) is 1.34. The average Bonchev–Trinajstić information content (AvgIpc) is 2.03. The number of alkyl halides is 2. The Kier molecular flexibility index (Phi) is 4.39. The van der Waals surface area contributed by atoms with Crippen molar-refractivity contribution in [3.05, 3.63) is 0 Å². The first-order valence-electron chi connectivity index (χ1n) is 3.67. The molecule has 0 spiro atoms. The van der Waals surface area contributed by atoms with Gasteiger partial charge >= 0.3 is 6.55 Å². The molecule has 0 atom stereocenters. The molecule has 0 bridgehead atoms. The lowest BCUT2D eigenvalue weighted by atomic mass is 10.3. The zero-order valence-electron chi connectivity index (χ0n) is 7.01. The van der Waals surface area contributed by atoms with Crippen LogP contribution in [-0.2, 0) is 9.59 Å². The van der Waals surface area contributed by atoms with Gasteiger partial charge in [-0.05, 0) is 0 Å². The molecule has 2 amide bonds. The van der Waals surface area contributed by atoms with Crippen LogP contribution in [0, 0.1) is 0 Å². The third kappa shape index (κ3) is 2.56. The van der Waals surface area contributed by atoms with Gasteiger partial charge in [0.2, 0.25) is 11.8 Å². The molecule has 0 aliphatic carbocycles. The fourth-order valence-corrected chi connectivity index (χ4v) is 0.697. The number of imide groups is 1. The van der Waals surface area contributed by atoms with E-state index in [9.17, 15) is 18.4 Å². The molecule has 0 saturated carbocycles. The van der Waals surface area contributed by atoms with Crippen LogP contribution in [0.5, 0.6) is 0 Å². The zero-order valence-corrected chi connectivity index (χ0v) is 7.01. The van der Waals surface area contributed by atoms with Gasteiger partial charge in [-0.25, -0.2) is 4.90 Å². The highest BCUT2D eigenvalue weighted by Crippen LogP contribution is 2.07. The summed E-state index contributed by atoms with van der Waals surface area (Å²) in [6.07, 6.45) is -0.174. The first kappa shape index (κ1) is 11.0. The Bertz CT molecular complexity index is 166. The Hall–Kier alpha value is -1.00. The maximum atomic E-state index is 12.1. The van der Waals surface area contributed by atoms with E-state index in [2.05, 4.69) is 0 Å². The van der Waals surface area contributed by atoms with E-state index in [0.717, 1.165) is 0 Å². The monoisotopic (exact) mass is 179 g/mol. The number of halogens is 2. The molecule has 0 heterocycles. The second-order valence-corrected chi connectivity index (χ2v) is 2.14. The molecule has 0 saturated heterocycles. The second-order valence-electron chi connectivity index (χ2n) is 2.14. The van der Waals surface area contributed by atoms with E-state index in [1.54, 1.807) is 0 Å². The van der Waals surface area contributed by atoms with E-state index in [-0.39, 0.29) is 17.7 Å². The predicted molar refractivity (Wildman–Crippen MR) is 38.4 cm³/mol. The maximum absolute atomic E-state index is 12.1. The molecule has 0 unspecified atom stereocenters. The van der Waals surface area contributed by atoms with Gasteiger partial charge in [-0.1, -0.05) is 13.8 Å². The van der Waals surface area contributed by atoms with Gasteiger partial charge in [0.25, 0.3) is 0 Å². The molecule has 5 heteroatoms. The van der Waals surface area contributed by atoms with Crippen molar-refractivity contribution in [2.45, 2.75) is 33.2 Å². The lowest BCUT2D eigenvalue weighted by Crippen LogP contribution is -2.39. The number of nitrogens with zero attached hydrogens (tertiary/aromatic N) is 1. The average molecular weight is 179 g/mol. The van der Waals surface area contributed by atoms with Crippen LogP contribution < -0.4 is 0 Å². The summed E-state index contributed by atoms with van der Waals surface area (Å²) in [5.41, 5.74) is 0. The highest BCUT2D eigenvalue weighted by Gasteiger charge is 2.26. The van der Waals surface area contributed by atoms with Crippen molar-refractivity contribution < 1.29 is 18.4 Å². The summed E-state index contributed by atoms with van der Waals surface area (Å²) in [7, 11) is 0. The molecule has 0 rings (SSSR count). The summed E-state index contributed by atoms with van der Waals surface area (Å²) in [5, 5.41) is 0. The predicted octanol–water partition coefficient (Wildman–Crippen LogP) is 1.38. The highest BCUT2D eigenvalue weighted by molar-refractivity contribution is 5.95. The molecule has 0 radical (unpaired) electrons. The number of hydrogen-bond donors (Lipinski definition) is 0. The Labute approximate surface area is 69.3 Å². The maximum Gasteiger partial charge on any atom is 0.323 e. The van der Waals surface area contributed by atoms with Crippen LogP contribution in [0.1, 0.15) is 26.7 Å². The lowest BCUT2D eigenvalue weighted by molar-refractivity contribution is -0.159. The van der Waals surface area contributed by atoms with Crippen LogP contribution in [0.25, 0.3) is 0 Å². The topological polar surface area (TPSA) is 37.4 Å². The molecule has 0 aliphatic heterocycles. The number of rotatable bonds is 3. The second kappa shape index (κ2) is 4.79. The van der Waals surface area contributed by atoms with Gasteiger partial charge in [-0.2, -0.15) is 8.78 Å². The van der Waals surface area contributed by atoms with Crippen LogP contribution in [0.3, 0.4) is 0 Å². The van der Waals surface area contributed by atoms with Gasteiger partial charge in [0.15, 0.2) is 0 Å². The quantitative estimate of drug-likeness (QED) is 0.614. The number of amides is 2. The SMILES string of the molecule is CCC(=O)N(C(=O)CC)C(F)F. The third-order valence-electron chi connectivity index (χ3n) is 1.34. The van der Waals surface area contributed by atoms with Gasteiger partial charge in [0.05, 0.1) is 0 Å². The van der Waals surface area contributed by atoms with Crippen molar-refractivity contribution in [2.24, 2.45) is 0 Å². The summed E-state index contributed by atoms with van der Waals surface area (Å²) in [5.74, 6) is -1.67. The van der Waals surface area contributed by atoms with E-state index in [1.165, 1.54) is 13.8 Å². The molecule has 0 fully saturated rings. The number of carbonyl (C=O) groups is 2. The van der Waals surface area contributed by atoms with Crippen LogP contribution in [0.15, 0.2) is 0 Å². The minimum atomic E-state index is -3.02. The molecular weight excluding hydrogens is 168 g/mol. The van der Waals surface area contributed by atoms with Crippen molar-refractivity contribution >= 4 is 11.8 Å². The fourth-order valence-electron chi connectivity index (χ4n) is 0.697. The van der Waals surface area contributed by atoms with Gasteiger partial charge in [-0.3, -0.25) is 9.59 Å². The van der Waals surface area contributed by atoms with Gasteiger partial charge < -0.3 is 0 Å². The summed E-state index contributed by atoms with van der Waals surface area (Å²) in [4.78, 5) is 21.6. The van der Waals surface area contributed by atoms with Crippen molar-refractivity contribution in [1.29, 1.82) is 0 Å². The zero-order chi connectivity index (χ0) is 9.72. The van der Waals surface area contributed by atoms with Crippen molar-refractivity contribution in [3.8, 4) is 0 Å². The molecule has 0 aromatic rings. The van der Waals surface area contributed by atoms with Gasteiger partial charge in [0, 0.05) is 12.8 Å². The Morgan fingerprint density at radius 3 is 1.67 bits per heavy atom. The Morgan fingerprint density at radius 1 is 1.17 bits per heavy atom. The van der Waals surface area contributed by atoms with Crippen LogP contribution in [0.2, 0.25) is 0 Å². The van der Waals surface area contributed by atoms with Crippen LogP contribution in [-0.4, -0.2) is 23.3 Å². The minimum Gasteiger partial charge on any atom is -0.274 e. The first-order valence-corrected chi connectivity index (χ1v) is 3.67. The lowest BCUT2D eigenvalue weighted by Gasteiger charge is -2.17. The van der Waals surface area contributed by atoms with E-state index in [4.69, 9.17) is 0 Å². The molecule has 0 aromatic heterocycles. The molecule has 12 heavy (non-hydrogen) atoms. The van der Waals surface area contributed by atoms with Crippen LogP contribution >= 0.6 is 0 Å².